The van der Waals surface area contributed by atoms with Crippen molar-refractivity contribution in [1.82, 2.24) is 34.8 Å². The van der Waals surface area contributed by atoms with Crippen LogP contribution in [0.25, 0.3) is 22.1 Å². The zero-order valence-electron chi connectivity index (χ0n) is 18.9. The van der Waals surface area contributed by atoms with E-state index in [1.54, 1.807) is 13.3 Å². The third-order valence-corrected chi connectivity index (χ3v) is 6.04. The fourth-order valence-corrected chi connectivity index (χ4v) is 4.20. The van der Waals surface area contributed by atoms with Crippen LogP contribution in [0.15, 0.2) is 30.9 Å². The van der Waals surface area contributed by atoms with Crippen molar-refractivity contribution in [2.24, 2.45) is 0 Å². The Kier molecular flexibility index (Phi) is 5.49. The summed E-state index contributed by atoms with van der Waals surface area (Å²) in [5.41, 5.74) is 3.22. The maximum absolute atomic E-state index is 11.7. The first kappa shape index (κ1) is 21.0. The second-order valence-corrected chi connectivity index (χ2v) is 8.37. The van der Waals surface area contributed by atoms with Crippen LogP contribution < -0.4 is 10.1 Å². The molecule has 1 aliphatic rings. The molecule has 3 aromatic heterocycles. The number of amides is 1. The zero-order chi connectivity index (χ0) is 22.9. The minimum Gasteiger partial charge on any atom is -0.474 e. The van der Waals surface area contributed by atoms with Gasteiger partial charge in [-0.3, -0.25) is 4.79 Å². The molecule has 1 atom stereocenters. The number of carbonyl (C=O) groups is 1. The first-order valence-corrected chi connectivity index (χ1v) is 11.1. The van der Waals surface area contributed by atoms with Gasteiger partial charge in [0.15, 0.2) is 17.3 Å². The van der Waals surface area contributed by atoms with Gasteiger partial charge in [0.05, 0.1) is 23.3 Å². The maximum atomic E-state index is 11.7. The predicted octanol–water partition coefficient (Wildman–Crippen LogP) is 3.17. The number of ether oxygens (including phenoxy) is 1. The summed E-state index contributed by atoms with van der Waals surface area (Å²) in [7, 11) is 0. The number of H-pyrrole nitrogens is 1. The summed E-state index contributed by atoms with van der Waals surface area (Å²) in [5.74, 6) is 1.90. The number of nitrogens with one attached hydrogen (secondary N) is 2. The number of hydrogen-bond acceptors (Lipinski definition) is 8. The molecule has 4 heterocycles. The molecule has 1 saturated heterocycles. The second kappa shape index (κ2) is 8.61. The Morgan fingerprint density at radius 2 is 2.03 bits per heavy atom. The normalized spacial score (nSPS) is 15.7. The molecule has 170 valence electrons. The highest BCUT2D eigenvalue weighted by molar-refractivity contribution is 5.87. The van der Waals surface area contributed by atoms with Gasteiger partial charge in [0, 0.05) is 32.9 Å². The van der Waals surface area contributed by atoms with Crippen LogP contribution in [-0.4, -0.2) is 59.9 Å². The summed E-state index contributed by atoms with van der Waals surface area (Å²) in [4.78, 5) is 39.0. The number of rotatable bonds is 5. The van der Waals surface area contributed by atoms with Crippen LogP contribution in [0, 0.1) is 6.92 Å². The number of carbonyl (C=O) groups excluding carboxylic acids is 1. The number of aromatic amines is 1. The van der Waals surface area contributed by atoms with Gasteiger partial charge in [-0.25, -0.2) is 19.9 Å². The number of benzene rings is 1. The molecule has 0 spiro atoms. The molecule has 5 rings (SSSR count). The third kappa shape index (κ3) is 4.15. The monoisotopic (exact) mass is 446 g/mol. The van der Waals surface area contributed by atoms with Crippen LogP contribution >= 0.6 is 0 Å². The molecule has 33 heavy (non-hydrogen) atoms. The lowest BCUT2D eigenvalue weighted by Gasteiger charge is -2.31. The van der Waals surface area contributed by atoms with Gasteiger partial charge in [-0.2, -0.15) is 4.98 Å². The number of aromatic nitrogens is 6. The molecule has 1 aliphatic heterocycles. The minimum absolute atomic E-state index is 0.0000309. The van der Waals surface area contributed by atoms with Crippen molar-refractivity contribution in [3.8, 4) is 5.88 Å². The molecule has 1 fully saturated rings. The highest BCUT2D eigenvalue weighted by Crippen LogP contribution is 2.30. The number of likely N-dealkylation sites (tertiary alicyclic amines) is 1. The number of piperidine rings is 1. The Balaban J connectivity index is 1.45. The standard InChI is InChI=1S/C23H26N8O2/c1-13-5-4-6-17-18(13)23(33-16-7-9-31(10-8-16)15(3)32)30-20(29-17)14(2)28-22-19-21(25-11-24-19)26-12-27-22/h4-6,11-12,14,16H,7-10H2,1-3H3,(H2,24,25,26,27,28). The summed E-state index contributed by atoms with van der Waals surface area (Å²) in [6.45, 7) is 7.01. The number of anilines is 1. The molecule has 0 radical (unpaired) electrons. The number of aryl methyl sites for hydroxylation is 1. The lowest BCUT2D eigenvalue weighted by atomic mass is 10.1. The summed E-state index contributed by atoms with van der Waals surface area (Å²) in [6.07, 6.45) is 4.63. The molecule has 0 saturated carbocycles. The van der Waals surface area contributed by atoms with Crippen LogP contribution in [0.3, 0.4) is 0 Å². The lowest BCUT2D eigenvalue weighted by molar-refractivity contribution is -0.130. The highest BCUT2D eigenvalue weighted by Gasteiger charge is 2.24. The fraction of sp³-hybridized carbons (Fsp3) is 0.391. The van der Waals surface area contributed by atoms with Gasteiger partial charge in [0.1, 0.15) is 17.9 Å². The SMILES string of the molecule is CC(=O)N1CCC(Oc2nc(C(C)Nc3ncnc4[nH]cnc34)nc3cccc(C)c23)CC1. The van der Waals surface area contributed by atoms with Gasteiger partial charge in [-0.05, 0) is 25.5 Å². The van der Waals surface area contributed by atoms with Crippen molar-refractivity contribution in [1.29, 1.82) is 0 Å². The summed E-state index contributed by atoms with van der Waals surface area (Å²) in [5, 5.41) is 4.27. The van der Waals surface area contributed by atoms with E-state index in [9.17, 15) is 4.79 Å². The predicted molar refractivity (Wildman–Crippen MR) is 124 cm³/mol. The number of hydrogen-bond donors (Lipinski definition) is 2. The molecule has 10 heteroatoms. The number of nitrogens with zero attached hydrogens (tertiary/aromatic N) is 6. The van der Waals surface area contributed by atoms with E-state index in [4.69, 9.17) is 14.7 Å². The molecule has 2 N–H and O–H groups in total. The summed E-state index contributed by atoms with van der Waals surface area (Å²) >= 11 is 0. The van der Waals surface area contributed by atoms with Gasteiger partial charge in [0.2, 0.25) is 11.8 Å². The van der Waals surface area contributed by atoms with Crippen LogP contribution in [0.5, 0.6) is 5.88 Å². The number of imidazole rings is 1. The van der Waals surface area contributed by atoms with Crippen LogP contribution in [0.1, 0.15) is 44.1 Å². The highest BCUT2D eigenvalue weighted by atomic mass is 16.5. The maximum Gasteiger partial charge on any atom is 0.225 e. The Morgan fingerprint density at radius 1 is 1.21 bits per heavy atom. The molecule has 10 nitrogen and oxygen atoms in total. The largest absolute Gasteiger partial charge is 0.474 e. The zero-order valence-corrected chi connectivity index (χ0v) is 18.9. The van der Waals surface area contributed by atoms with Crippen molar-refractivity contribution in [2.45, 2.75) is 45.8 Å². The average Bonchev–Trinajstić information content (AvgIpc) is 3.29. The minimum atomic E-state index is -0.244. The molecule has 4 aromatic rings. The Morgan fingerprint density at radius 3 is 2.82 bits per heavy atom. The van der Waals surface area contributed by atoms with E-state index in [-0.39, 0.29) is 18.1 Å². The smallest absolute Gasteiger partial charge is 0.225 e. The van der Waals surface area contributed by atoms with Crippen molar-refractivity contribution in [2.75, 3.05) is 18.4 Å². The van der Waals surface area contributed by atoms with E-state index in [0.717, 1.165) is 29.3 Å². The van der Waals surface area contributed by atoms with E-state index >= 15 is 0 Å². The number of fused-ring (bicyclic) bond motifs is 2. The average molecular weight is 447 g/mol. The second-order valence-electron chi connectivity index (χ2n) is 8.37. The molecule has 1 amide bonds. The first-order valence-electron chi connectivity index (χ1n) is 11.1. The van der Waals surface area contributed by atoms with Crippen molar-refractivity contribution in [3.05, 3.63) is 42.2 Å². The van der Waals surface area contributed by atoms with E-state index in [1.807, 2.05) is 36.9 Å². The molecular weight excluding hydrogens is 420 g/mol. The quantitative estimate of drug-likeness (QED) is 0.479. The van der Waals surface area contributed by atoms with Crippen molar-refractivity contribution < 1.29 is 9.53 Å². The Bertz CT molecular complexity index is 1310. The molecule has 0 aliphatic carbocycles. The van der Waals surface area contributed by atoms with E-state index in [0.29, 0.717) is 41.8 Å². The van der Waals surface area contributed by atoms with E-state index in [1.165, 1.54) is 6.33 Å². The van der Waals surface area contributed by atoms with Gasteiger partial charge in [0.25, 0.3) is 0 Å². The van der Waals surface area contributed by atoms with Crippen LogP contribution in [0.2, 0.25) is 0 Å². The third-order valence-electron chi connectivity index (χ3n) is 6.04. The van der Waals surface area contributed by atoms with Crippen LogP contribution in [0.4, 0.5) is 5.82 Å². The van der Waals surface area contributed by atoms with Gasteiger partial charge < -0.3 is 19.9 Å². The Hall–Kier alpha value is -3.82. The molecule has 0 bridgehead atoms. The van der Waals surface area contributed by atoms with Gasteiger partial charge >= 0.3 is 0 Å². The van der Waals surface area contributed by atoms with E-state index in [2.05, 4.69) is 25.3 Å². The van der Waals surface area contributed by atoms with Crippen molar-refractivity contribution >= 4 is 33.8 Å². The molecule has 1 aromatic carbocycles. The van der Waals surface area contributed by atoms with Crippen molar-refractivity contribution in [3.63, 3.8) is 0 Å². The van der Waals surface area contributed by atoms with Gasteiger partial charge in [-0.1, -0.05) is 12.1 Å². The van der Waals surface area contributed by atoms with Crippen LogP contribution in [-0.2, 0) is 4.79 Å². The topological polar surface area (TPSA) is 122 Å². The van der Waals surface area contributed by atoms with E-state index < -0.39 is 0 Å². The molecule has 1 unspecified atom stereocenters. The lowest BCUT2D eigenvalue weighted by Crippen LogP contribution is -2.40. The Labute approximate surface area is 190 Å². The summed E-state index contributed by atoms with van der Waals surface area (Å²) < 4.78 is 6.42. The molecular formula is C23H26N8O2. The van der Waals surface area contributed by atoms with Gasteiger partial charge in [-0.15, -0.1) is 0 Å². The summed E-state index contributed by atoms with van der Waals surface area (Å²) in [6, 6.07) is 5.75. The first-order chi connectivity index (χ1) is 16.0. The fourth-order valence-electron chi connectivity index (χ4n) is 4.20.